The van der Waals surface area contributed by atoms with Crippen molar-refractivity contribution in [1.82, 2.24) is 0 Å². The van der Waals surface area contributed by atoms with E-state index in [1.165, 1.54) is 69.9 Å². The normalized spacial score (nSPS) is 10.7. The Kier molecular flexibility index (Phi) is 14.1. The van der Waals surface area contributed by atoms with Gasteiger partial charge in [0.1, 0.15) is 0 Å². The van der Waals surface area contributed by atoms with Gasteiger partial charge in [-0.15, -0.1) is 0 Å². The highest BCUT2D eigenvalue weighted by atomic mass is 35.7. The number of benzene rings is 6. The summed E-state index contributed by atoms with van der Waals surface area (Å²) >= 11 is 0. The van der Waals surface area contributed by atoms with E-state index >= 15 is 0 Å². The van der Waals surface area contributed by atoms with Crippen LogP contribution in [0.15, 0.2) is 155 Å². The highest BCUT2D eigenvalue weighted by Gasteiger charge is 2.17. The molecule has 6 aromatic carbocycles. The first-order chi connectivity index (χ1) is 25.4. The van der Waals surface area contributed by atoms with Crippen molar-refractivity contribution < 1.29 is 35.8 Å². The van der Waals surface area contributed by atoms with Crippen LogP contribution in [0.2, 0.25) is 0 Å². The molecule has 0 radical (unpaired) electrons. The molecule has 0 fully saturated rings. The zero-order valence-corrected chi connectivity index (χ0v) is 31.8. The van der Waals surface area contributed by atoms with Crippen LogP contribution in [0.5, 0.6) is 23.0 Å². The maximum Gasteiger partial charge on any atom is 0.262 e. The fraction of sp³-hybridized carbons (Fsp3) is 0.100. The minimum atomic E-state index is -3.73. The van der Waals surface area contributed by atoms with E-state index in [1.54, 1.807) is 18.2 Å². The second-order valence-corrected chi connectivity index (χ2v) is 15.3. The van der Waals surface area contributed by atoms with Gasteiger partial charge in [0.05, 0.1) is 38.2 Å². The lowest BCUT2D eigenvalue weighted by Crippen LogP contribution is -2.13. The van der Waals surface area contributed by atoms with Crippen LogP contribution in [0.4, 0.5) is 11.4 Å². The number of rotatable bonds is 10. The molecule has 0 aliphatic rings. The molecule has 0 atom stereocenters. The number of sulfonamides is 1. The summed E-state index contributed by atoms with van der Waals surface area (Å²) in [6.45, 7) is 0. The molecule has 0 aromatic heterocycles. The number of nitrogen functional groups attached to an aromatic ring is 1. The van der Waals surface area contributed by atoms with Crippen LogP contribution in [0, 0.1) is 0 Å². The first-order valence-electron chi connectivity index (χ1n) is 15.9. The summed E-state index contributed by atoms with van der Waals surface area (Å²) in [4.78, 5) is 0.0825. The molecule has 0 saturated carbocycles. The number of ether oxygens (including phenoxy) is 4. The SMILES string of the molecule is COc1ccc(S(=O)(=O)Cl)cc1OC.COc1ccc(S(=O)(=O)Nc2ccc(-c3ccccc3)cc2)cc1OC.Nc1ccc(-c2ccccc2)cc1. The second kappa shape index (κ2) is 18.7. The maximum absolute atomic E-state index is 12.6. The number of methoxy groups -OCH3 is 4. The number of halogens is 1. The molecule has 3 N–H and O–H groups in total. The van der Waals surface area contributed by atoms with Crippen molar-refractivity contribution in [3.8, 4) is 45.3 Å². The summed E-state index contributed by atoms with van der Waals surface area (Å²) in [6, 6.07) is 43.9. The Morgan fingerprint density at radius 2 is 0.849 bits per heavy atom. The van der Waals surface area contributed by atoms with Crippen LogP contribution in [0.3, 0.4) is 0 Å². The number of nitrogens with two attached hydrogens (primary N) is 1. The average molecular weight is 775 g/mol. The van der Waals surface area contributed by atoms with Gasteiger partial charge in [0.2, 0.25) is 0 Å². The minimum absolute atomic E-state index is 0.0168. The van der Waals surface area contributed by atoms with Gasteiger partial charge in [0.25, 0.3) is 19.1 Å². The summed E-state index contributed by atoms with van der Waals surface area (Å²) in [6.07, 6.45) is 0. The third-order valence-corrected chi connectivity index (χ3v) is 10.3. The van der Waals surface area contributed by atoms with Crippen LogP contribution in [-0.2, 0) is 19.1 Å². The van der Waals surface area contributed by atoms with Crippen molar-refractivity contribution >= 4 is 41.1 Å². The van der Waals surface area contributed by atoms with Gasteiger partial charge in [0.15, 0.2) is 23.0 Å². The van der Waals surface area contributed by atoms with E-state index in [9.17, 15) is 16.8 Å². The third kappa shape index (κ3) is 11.4. The zero-order chi connectivity index (χ0) is 38.4. The Labute approximate surface area is 315 Å². The number of anilines is 2. The van der Waals surface area contributed by atoms with Gasteiger partial charge in [-0.1, -0.05) is 84.9 Å². The van der Waals surface area contributed by atoms with Gasteiger partial charge in [-0.05, 0) is 70.8 Å². The summed E-state index contributed by atoms with van der Waals surface area (Å²) in [7, 11) is 3.55. The predicted molar refractivity (Wildman–Crippen MR) is 211 cm³/mol. The Hall–Kier alpha value is -5.69. The van der Waals surface area contributed by atoms with E-state index in [1.807, 2.05) is 84.9 Å². The van der Waals surface area contributed by atoms with Crippen LogP contribution in [0.1, 0.15) is 0 Å². The van der Waals surface area contributed by atoms with Crippen LogP contribution in [-0.4, -0.2) is 45.3 Å². The summed E-state index contributed by atoms with van der Waals surface area (Å²) in [5.41, 5.74) is 11.4. The average Bonchev–Trinajstić information content (AvgIpc) is 3.18. The Morgan fingerprint density at radius 3 is 1.26 bits per heavy atom. The first-order valence-corrected chi connectivity index (χ1v) is 19.7. The zero-order valence-electron chi connectivity index (χ0n) is 29.4. The molecular formula is C40H39ClN2O8S2. The molecule has 0 saturated heterocycles. The van der Waals surface area contributed by atoms with Gasteiger partial charge >= 0.3 is 0 Å². The number of hydrogen-bond acceptors (Lipinski definition) is 9. The van der Waals surface area contributed by atoms with Gasteiger partial charge in [-0.3, -0.25) is 4.72 Å². The van der Waals surface area contributed by atoms with E-state index in [0.717, 1.165) is 16.8 Å². The molecule has 0 aliphatic heterocycles. The lowest BCUT2D eigenvalue weighted by atomic mass is 10.1. The molecule has 0 amide bonds. The van der Waals surface area contributed by atoms with Crippen molar-refractivity contribution in [3.05, 3.63) is 146 Å². The molecular weight excluding hydrogens is 736 g/mol. The van der Waals surface area contributed by atoms with Crippen LogP contribution in [0.25, 0.3) is 22.3 Å². The molecule has 0 aliphatic carbocycles. The fourth-order valence-corrected chi connectivity index (χ4v) is 6.67. The summed E-state index contributed by atoms with van der Waals surface area (Å²) in [5, 5.41) is 0. The minimum Gasteiger partial charge on any atom is -0.493 e. The van der Waals surface area contributed by atoms with Gasteiger partial charge in [-0.2, -0.15) is 0 Å². The molecule has 13 heteroatoms. The van der Waals surface area contributed by atoms with Crippen LogP contribution < -0.4 is 29.4 Å². The number of hydrogen-bond donors (Lipinski definition) is 2. The lowest BCUT2D eigenvalue weighted by molar-refractivity contribution is 0.354. The van der Waals surface area contributed by atoms with Crippen molar-refractivity contribution in [1.29, 1.82) is 0 Å². The van der Waals surface area contributed by atoms with Crippen molar-refractivity contribution in [3.63, 3.8) is 0 Å². The topological polar surface area (TPSA) is 143 Å². The van der Waals surface area contributed by atoms with E-state index in [0.29, 0.717) is 28.7 Å². The molecule has 0 heterocycles. The first kappa shape index (κ1) is 40.1. The largest absolute Gasteiger partial charge is 0.493 e. The standard InChI is InChI=1S/C20H19NO4S.C12H11N.C8H9ClO4S/c1-24-19-13-12-18(14-20(19)25-2)26(22,23)21-17-10-8-16(9-11-17)15-6-4-3-5-7-15;13-12-8-6-11(7-9-12)10-4-2-1-3-5-10;1-12-7-4-3-6(14(9,10)11)5-8(7)13-2/h3-14,21H,1-2H3;1-9H,13H2;3-5H,1-2H3. The Morgan fingerprint density at radius 1 is 0.472 bits per heavy atom. The second-order valence-electron chi connectivity index (χ2n) is 11.0. The quantitative estimate of drug-likeness (QED) is 0.103. The lowest BCUT2D eigenvalue weighted by Gasteiger charge is -2.12. The molecule has 276 valence electrons. The summed E-state index contributed by atoms with van der Waals surface area (Å²) < 4.78 is 69.9. The summed E-state index contributed by atoms with van der Waals surface area (Å²) in [5.74, 6) is 1.61. The monoisotopic (exact) mass is 774 g/mol. The fourth-order valence-electron chi connectivity index (χ4n) is 4.83. The maximum atomic E-state index is 12.6. The highest BCUT2D eigenvalue weighted by molar-refractivity contribution is 8.13. The van der Waals surface area contributed by atoms with E-state index < -0.39 is 19.1 Å². The molecule has 0 bridgehead atoms. The van der Waals surface area contributed by atoms with Gasteiger partial charge < -0.3 is 24.7 Å². The molecule has 0 unspecified atom stereocenters. The molecule has 6 aromatic rings. The van der Waals surface area contributed by atoms with Crippen LogP contribution >= 0.6 is 10.7 Å². The van der Waals surface area contributed by atoms with Crippen molar-refractivity contribution in [2.45, 2.75) is 9.79 Å². The van der Waals surface area contributed by atoms with Gasteiger partial charge in [0, 0.05) is 34.2 Å². The molecule has 0 spiro atoms. The molecule has 53 heavy (non-hydrogen) atoms. The Balaban J connectivity index is 0.000000196. The van der Waals surface area contributed by atoms with E-state index in [-0.39, 0.29) is 9.79 Å². The Bertz CT molecular complexity index is 2290. The van der Waals surface area contributed by atoms with Gasteiger partial charge in [-0.25, -0.2) is 16.8 Å². The molecule has 10 nitrogen and oxygen atoms in total. The third-order valence-electron chi connectivity index (χ3n) is 7.56. The smallest absolute Gasteiger partial charge is 0.262 e. The van der Waals surface area contributed by atoms with Crippen molar-refractivity contribution in [2.24, 2.45) is 0 Å². The predicted octanol–water partition coefficient (Wildman–Crippen LogP) is 8.74. The van der Waals surface area contributed by atoms with E-state index in [2.05, 4.69) is 16.9 Å². The van der Waals surface area contributed by atoms with Crippen molar-refractivity contribution in [2.75, 3.05) is 38.9 Å². The number of nitrogens with one attached hydrogen (secondary N) is 1. The molecule has 6 rings (SSSR count). The van der Waals surface area contributed by atoms with E-state index in [4.69, 9.17) is 35.4 Å². The highest BCUT2D eigenvalue weighted by Crippen LogP contribution is 2.32.